The Kier molecular flexibility index (Phi) is 16.4. The first-order valence-electron chi connectivity index (χ1n) is 11.1. The molecule has 0 heterocycles. The van der Waals surface area contributed by atoms with Crippen LogP contribution in [0.5, 0.6) is 0 Å². The predicted molar refractivity (Wildman–Crippen MR) is 124 cm³/mol. The summed E-state index contributed by atoms with van der Waals surface area (Å²) in [4.78, 5) is 23.0. The molecule has 0 amide bonds. The number of carboxylic acid groups (broad SMARTS) is 1. The molecule has 0 saturated heterocycles. The number of likely N-dealkylation sites (N-methyl/N-ethyl adjacent to an activating group) is 1. The Labute approximate surface area is 183 Å². The molecule has 0 spiro atoms. The van der Waals surface area contributed by atoms with Crippen LogP contribution in [0.2, 0.25) is 0 Å². The lowest BCUT2D eigenvalue weighted by atomic mass is 10.1. The SMILES string of the molecule is CC/C=C/C=C/C=C/C=C\CCCCCCCC(=O)OC(CC(=O)O)C[N+](C)(C)C. The van der Waals surface area contributed by atoms with Crippen LogP contribution in [-0.2, 0) is 14.3 Å². The third-order valence-electron chi connectivity index (χ3n) is 4.27. The number of allylic oxidation sites excluding steroid dienone is 8. The number of rotatable bonds is 17. The molecule has 0 aromatic rings. The number of carbonyl (C=O) groups excluding carboxylic acids is 1. The summed E-state index contributed by atoms with van der Waals surface area (Å²) < 4.78 is 5.96. The molecule has 0 aliphatic heterocycles. The lowest BCUT2D eigenvalue weighted by Gasteiger charge is -2.28. The molecule has 30 heavy (non-hydrogen) atoms. The maximum absolute atomic E-state index is 12.0. The first-order valence-corrected chi connectivity index (χ1v) is 11.1. The summed E-state index contributed by atoms with van der Waals surface area (Å²) in [6.07, 6.45) is 23.5. The van der Waals surface area contributed by atoms with Crippen LogP contribution < -0.4 is 0 Å². The Bertz CT molecular complexity index is 582. The van der Waals surface area contributed by atoms with E-state index in [4.69, 9.17) is 9.84 Å². The van der Waals surface area contributed by atoms with E-state index in [0.29, 0.717) is 17.4 Å². The monoisotopic (exact) mass is 420 g/mol. The van der Waals surface area contributed by atoms with E-state index >= 15 is 0 Å². The lowest BCUT2D eigenvalue weighted by Crippen LogP contribution is -2.43. The van der Waals surface area contributed by atoms with Crippen LogP contribution in [0.3, 0.4) is 0 Å². The maximum Gasteiger partial charge on any atom is 0.307 e. The smallest absolute Gasteiger partial charge is 0.307 e. The molecule has 0 saturated carbocycles. The molecule has 0 radical (unpaired) electrons. The van der Waals surface area contributed by atoms with Crippen molar-refractivity contribution in [1.29, 1.82) is 0 Å². The maximum atomic E-state index is 12.0. The number of hydrogen-bond acceptors (Lipinski definition) is 3. The van der Waals surface area contributed by atoms with Crippen molar-refractivity contribution in [3.8, 4) is 0 Å². The van der Waals surface area contributed by atoms with Crippen LogP contribution in [0.1, 0.15) is 64.7 Å². The molecule has 1 atom stereocenters. The molecule has 5 heteroatoms. The molecular weight excluding hydrogens is 378 g/mol. The van der Waals surface area contributed by atoms with Gasteiger partial charge in [-0.25, -0.2) is 0 Å². The second-order valence-electron chi connectivity index (χ2n) is 8.52. The van der Waals surface area contributed by atoms with Gasteiger partial charge in [0.1, 0.15) is 6.54 Å². The van der Waals surface area contributed by atoms with Gasteiger partial charge in [0, 0.05) is 6.42 Å². The van der Waals surface area contributed by atoms with Crippen molar-refractivity contribution in [3.05, 3.63) is 48.6 Å². The zero-order valence-corrected chi connectivity index (χ0v) is 19.4. The van der Waals surface area contributed by atoms with Gasteiger partial charge in [-0.1, -0.05) is 74.8 Å². The quantitative estimate of drug-likeness (QED) is 0.147. The second kappa shape index (κ2) is 17.7. The van der Waals surface area contributed by atoms with Crippen LogP contribution in [0.4, 0.5) is 0 Å². The van der Waals surface area contributed by atoms with Gasteiger partial charge in [0.15, 0.2) is 6.10 Å². The summed E-state index contributed by atoms with van der Waals surface area (Å²) in [6.45, 7) is 2.61. The van der Waals surface area contributed by atoms with Gasteiger partial charge in [-0.15, -0.1) is 0 Å². The minimum Gasteiger partial charge on any atom is -0.481 e. The van der Waals surface area contributed by atoms with Crippen molar-refractivity contribution in [2.75, 3.05) is 27.7 Å². The molecular formula is C25H42NO4+. The normalized spacial score (nSPS) is 13.7. The number of aliphatic carboxylic acids is 1. The Morgan fingerprint density at radius 1 is 0.867 bits per heavy atom. The van der Waals surface area contributed by atoms with Gasteiger partial charge in [0.25, 0.3) is 0 Å². The third-order valence-corrected chi connectivity index (χ3v) is 4.27. The summed E-state index contributed by atoms with van der Waals surface area (Å²) in [5, 5.41) is 9.00. The Balaban J connectivity index is 3.82. The van der Waals surface area contributed by atoms with Gasteiger partial charge in [-0.05, 0) is 25.7 Å². The Morgan fingerprint density at radius 3 is 2.03 bits per heavy atom. The topological polar surface area (TPSA) is 63.6 Å². The third kappa shape index (κ3) is 20.6. The highest BCUT2D eigenvalue weighted by molar-refractivity contribution is 5.71. The fourth-order valence-corrected chi connectivity index (χ4v) is 2.90. The van der Waals surface area contributed by atoms with E-state index in [9.17, 15) is 9.59 Å². The van der Waals surface area contributed by atoms with E-state index in [2.05, 4.69) is 25.2 Å². The van der Waals surface area contributed by atoms with Gasteiger partial charge < -0.3 is 14.3 Å². The Hall–Kier alpha value is -2.14. The van der Waals surface area contributed by atoms with Gasteiger partial charge >= 0.3 is 11.9 Å². The van der Waals surface area contributed by atoms with E-state index in [1.807, 2.05) is 51.5 Å². The summed E-state index contributed by atoms with van der Waals surface area (Å²) in [7, 11) is 5.87. The number of quaternary nitrogens is 1. The van der Waals surface area contributed by atoms with Crippen LogP contribution in [0, 0.1) is 0 Å². The van der Waals surface area contributed by atoms with E-state index in [0.717, 1.165) is 44.9 Å². The second-order valence-corrected chi connectivity index (χ2v) is 8.52. The fourth-order valence-electron chi connectivity index (χ4n) is 2.90. The molecule has 0 fully saturated rings. The minimum absolute atomic E-state index is 0.143. The zero-order valence-electron chi connectivity index (χ0n) is 19.4. The van der Waals surface area contributed by atoms with Gasteiger partial charge in [-0.2, -0.15) is 0 Å². The summed E-state index contributed by atoms with van der Waals surface area (Å²) >= 11 is 0. The fraction of sp³-hybridized carbons (Fsp3) is 0.600. The number of hydrogen-bond donors (Lipinski definition) is 1. The molecule has 1 unspecified atom stereocenters. The lowest BCUT2D eigenvalue weighted by molar-refractivity contribution is -0.873. The molecule has 5 nitrogen and oxygen atoms in total. The van der Waals surface area contributed by atoms with Crippen molar-refractivity contribution >= 4 is 11.9 Å². The van der Waals surface area contributed by atoms with Gasteiger partial charge in [0.05, 0.1) is 27.6 Å². The molecule has 0 aliphatic rings. The highest BCUT2D eigenvalue weighted by Gasteiger charge is 2.24. The number of esters is 1. The van der Waals surface area contributed by atoms with Gasteiger partial charge in [-0.3, -0.25) is 9.59 Å². The summed E-state index contributed by atoms with van der Waals surface area (Å²) in [6, 6.07) is 0. The molecule has 0 aromatic carbocycles. The van der Waals surface area contributed by atoms with E-state index < -0.39 is 12.1 Å². The molecule has 1 N–H and O–H groups in total. The number of carbonyl (C=O) groups is 2. The van der Waals surface area contributed by atoms with E-state index in [1.54, 1.807) is 0 Å². The average Bonchev–Trinajstić information content (AvgIpc) is 2.63. The summed E-state index contributed by atoms with van der Waals surface area (Å²) in [5.41, 5.74) is 0. The Morgan fingerprint density at radius 2 is 1.43 bits per heavy atom. The molecule has 0 aromatic heterocycles. The molecule has 0 bridgehead atoms. The average molecular weight is 421 g/mol. The van der Waals surface area contributed by atoms with Crippen LogP contribution in [0.15, 0.2) is 48.6 Å². The molecule has 0 rings (SSSR count). The first kappa shape index (κ1) is 27.9. The zero-order chi connectivity index (χ0) is 22.7. The first-order chi connectivity index (χ1) is 14.2. The van der Waals surface area contributed by atoms with E-state index in [-0.39, 0.29) is 12.4 Å². The minimum atomic E-state index is -0.939. The van der Waals surface area contributed by atoms with Crippen molar-refractivity contribution in [1.82, 2.24) is 0 Å². The van der Waals surface area contributed by atoms with Crippen molar-refractivity contribution in [2.24, 2.45) is 0 Å². The van der Waals surface area contributed by atoms with Crippen molar-refractivity contribution in [3.63, 3.8) is 0 Å². The van der Waals surface area contributed by atoms with Gasteiger partial charge in [0.2, 0.25) is 0 Å². The highest BCUT2D eigenvalue weighted by Crippen LogP contribution is 2.11. The van der Waals surface area contributed by atoms with Crippen LogP contribution in [-0.4, -0.2) is 55.3 Å². The van der Waals surface area contributed by atoms with Crippen LogP contribution >= 0.6 is 0 Å². The number of ether oxygens (including phenoxy) is 1. The van der Waals surface area contributed by atoms with E-state index in [1.165, 1.54) is 0 Å². The highest BCUT2D eigenvalue weighted by atomic mass is 16.5. The number of carboxylic acids is 1. The molecule has 0 aliphatic carbocycles. The van der Waals surface area contributed by atoms with Crippen molar-refractivity contribution < 1.29 is 23.9 Å². The molecule has 170 valence electrons. The number of nitrogens with zero attached hydrogens (tertiary/aromatic N) is 1. The van der Waals surface area contributed by atoms with Crippen LogP contribution in [0.25, 0.3) is 0 Å². The largest absolute Gasteiger partial charge is 0.481 e. The standard InChI is InChI=1S/C25H41NO4/c1-5-6-7-8-9-10-11-12-13-14-15-16-17-18-19-20-25(29)30-23(21-24(27)28)22-26(2,3)4/h6-13,23H,5,14-22H2,1-4H3/p+1/b7-6+,9-8+,11-10+,13-12-. The summed E-state index contributed by atoms with van der Waals surface area (Å²) in [5.74, 6) is -1.23. The van der Waals surface area contributed by atoms with Crippen molar-refractivity contribution in [2.45, 2.75) is 70.8 Å². The predicted octanol–water partition coefficient (Wildman–Crippen LogP) is 5.44. The number of unbranched alkanes of at least 4 members (excludes halogenated alkanes) is 5.